The highest BCUT2D eigenvalue weighted by Crippen LogP contribution is 2.36. The van der Waals surface area contributed by atoms with Crippen LogP contribution < -0.4 is 24.3 Å². The Balaban J connectivity index is 0.00000324. The maximum absolute atomic E-state index is 13.9. The van der Waals surface area contributed by atoms with Crippen molar-refractivity contribution in [3.05, 3.63) is 72.1 Å². The third kappa shape index (κ3) is 5.04. The third-order valence-corrected chi connectivity index (χ3v) is 5.00. The second-order valence-electron chi connectivity index (χ2n) is 6.93. The van der Waals surface area contributed by atoms with Gasteiger partial charge in [-0.1, -0.05) is 6.07 Å². The number of rotatable bonds is 8. The molecule has 0 fully saturated rings. The van der Waals surface area contributed by atoms with Gasteiger partial charge in [-0.2, -0.15) is 0 Å². The van der Waals surface area contributed by atoms with E-state index < -0.39 is 11.6 Å². The number of anilines is 2. The second kappa shape index (κ2) is 10.8. The SMILES string of the molecule is COc1cc2ncnc(Nc3ccc(OCc4c(F)cccc4F)c(OC)c3)c2cc1OC.Cl. The monoisotopic (exact) mass is 489 g/mol. The highest BCUT2D eigenvalue weighted by molar-refractivity contribution is 5.93. The van der Waals surface area contributed by atoms with Crippen LogP contribution >= 0.6 is 12.4 Å². The zero-order chi connectivity index (χ0) is 23.4. The van der Waals surface area contributed by atoms with E-state index in [-0.39, 0.29) is 24.6 Å². The molecule has 0 atom stereocenters. The van der Waals surface area contributed by atoms with Gasteiger partial charge in [-0.05, 0) is 30.3 Å². The number of methoxy groups -OCH3 is 3. The lowest BCUT2D eigenvalue weighted by molar-refractivity contribution is 0.274. The van der Waals surface area contributed by atoms with E-state index in [1.54, 1.807) is 44.6 Å². The Bertz CT molecular complexity index is 1290. The molecular formula is C24H22ClF2N3O4. The van der Waals surface area contributed by atoms with Gasteiger partial charge in [0.15, 0.2) is 23.0 Å². The van der Waals surface area contributed by atoms with Gasteiger partial charge in [-0.15, -0.1) is 12.4 Å². The molecule has 178 valence electrons. The fraction of sp³-hybridized carbons (Fsp3) is 0.167. The summed E-state index contributed by atoms with van der Waals surface area (Å²) < 4.78 is 49.5. The summed E-state index contributed by atoms with van der Waals surface area (Å²) in [7, 11) is 4.59. The molecule has 0 radical (unpaired) electrons. The number of aromatic nitrogens is 2. The summed E-state index contributed by atoms with van der Waals surface area (Å²) in [6, 6.07) is 12.3. The number of nitrogens with zero attached hydrogens (tertiary/aromatic N) is 2. The maximum atomic E-state index is 13.9. The van der Waals surface area contributed by atoms with Gasteiger partial charge >= 0.3 is 0 Å². The lowest BCUT2D eigenvalue weighted by Crippen LogP contribution is -2.03. The Morgan fingerprint density at radius 2 is 1.44 bits per heavy atom. The van der Waals surface area contributed by atoms with Gasteiger partial charge in [0.2, 0.25) is 0 Å². The van der Waals surface area contributed by atoms with E-state index in [0.29, 0.717) is 40.0 Å². The first-order valence-electron chi connectivity index (χ1n) is 9.91. The van der Waals surface area contributed by atoms with Crippen molar-refractivity contribution in [3.8, 4) is 23.0 Å². The van der Waals surface area contributed by atoms with Gasteiger partial charge in [-0.3, -0.25) is 0 Å². The van der Waals surface area contributed by atoms with Gasteiger partial charge in [-0.25, -0.2) is 18.7 Å². The Morgan fingerprint density at radius 3 is 2.12 bits per heavy atom. The molecule has 1 aromatic heterocycles. The van der Waals surface area contributed by atoms with Gasteiger partial charge in [0.05, 0.1) is 32.4 Å². The fourth-order valence-electron chi connectivity index (χ4n) is 3.30. The highest BCUT2D eigenvalue weighted by Gasteiger charge is 2.14. The van der Waals surface area contributed by atoms with E-state index in [9.17, 15) is 8.78 Å². The molecular weight excluding hydrogens is 468 g/mol. The van der Waals surface area contributed by atoms with Crippen molar-refractivity contribution >= 4 is 34.8 Å². The number of halogens is 3. The molecule has 0 saturated heterocycles. The summed E-state index contributed by atoms with van der Waals surface area (Å²) in [5.41, 5.74) is 1.17. The molecule has 4 aromatic rings. The van der Waals surface area contributed by atoms with Crippen molar-refractivity contribution in [1.82, 2.24) is 9.97 Å². The minimum atomic E-state index is -0.671. The lowest BCUT2D eigenvalue weighted by Gasteiger charge is -2.15. The molecule has 1 N–H and O–H groups in total. The summed E-state index contributed by atoms with van der Waals surface area (Å²) in [5.74, 6) is 1.03. The molecule has 0 aliphatic rings. The molecule has 0 unspecified atom stereocenters. The van der Waals surface area contributed by atoms with E-state index >= 15 is 0 Å². The first-order valence-corrected chi connectivity index (χ1v) is 9.91. The summed E-state index contributed by atoms with van der Waals surface area (Å²) in [5, 5.41) is 3.95. The van der Waals surface area contributed by atoms with Crippen molar-refractivity contribution < 1.29 is 27.7 Å². The second-order valence-corrected chi connectivity index (χ2v) is 6.93. The van der Waals surface area contributed by atoms with Gasteiger partial charge in [0.25, 0.3) is 0 Å². The van der Waals surface area contributed by atoms with Gasteiger partial charge in [0, 0.05) is 23.2 Å². The summed E-state index contributed by atoms with van der Waals surface area (Å²) >= 11 is 0. The Hall–Kier alpha value is -3.85. The van der Waals surface area contributed by atoms with E-state index in [0.717, 1.165) is 5.39 Å². The van der Waals surface area contributed by atoms with Gasteiger partial charge in [0.1, 0.15) is 30.4 Å². The average molecular weight is 490 g/mol. The van der Waals surface area contributed by atoms with Crippen LogP contribution in [0.1, 0.15) is 5.56 Å². The molecule has 0 bridgehead atoms. The van der Waals surface area contributed by atoms with Crippen molar-refractivity contribution in [2.45, 2.75) is 6.61 Å². The van der Waals surface area contributed by atoms with Crippen LogP contribution in [0, 0.1) is 11.6 Å². The molecule has 0 saturated carbocycles. The Kier molecular flexibility index (Phi) is 7.91. The maximum Gasteiger partial charge on any atom is 0.162 e. The summed E-state index contributed by atoms with van der Waals surface area (Å²) in [6.45, 7) is -0.278. The molecule has 7 nitrogen and oxygen atoms in total. The van der Waals surface area contributed by atoms with Crippen LogP contribution in [0.5, 0.6) is 23.0 Å². The molecule has 1 heterocycles. The summed E-state index contributed by atoms with van der Waals surface area (Å²) in [4.78, 5) is 8.62. The molecule has 10 heteroatoms. The van der Waals surface area contributed by atoms with E-state index in [1.165, 1.54) is 31.6 Å². The number of fused-ring (bicyclic) bond motifs is 1. The molecule has 0 aliphatic carbocycles. The molecule has 0 aliphatic heterocycles. The normalized spacial score (nSPS) is 10.4. The minimum absolute atomic E-state index is 0. The van der Waals surface area contributed by atoms with Crippen LogP contribution in [-0.4, -0.2) is 31.3 Å². The van der Waals surface area contributed by atoms with Crippen LogP contribution in [0.25, 0.3) is 10.9 Å². The number of hydrogen-bond donors (Lipinski definition) is 1. The van der Waals surface area contributed by atoms with Crippen LogP contribution in [0.4, 0.5) is 20.3 Å². The molecule has 3 aromatic carbocycles. The number of ether oxygens (including phenoxy) is 4. The minimum Gasteiger partial charge on any atom is -0.493 e. The van der Waals surface area contributed by atoms with Crippen molar-refractivity contribution in [1.29, 1.82) is 0 Å². The standard InChI is InChI=1S/C24H21F2N3O4.ClH/c1-30-21-9-14(7-8-20(21)33-12-16-17(25)5-4-6-18(16)26)29-24-15-10-22(31-2)23(32-3)11-19(15)27-13-28-24;/h4-11,13H,12H2,1-3H3,(H,27,28,29);1H. The average Bonchev–Trinajstić information content (AvgIpc) is 2.83. The topological polar surface area (TPSA) is 74.7 Å². The highest BCUT2D eigenvalue weighted by atomic mass is 35.5. The van der Waals surface area contributed by atoms with E-state index in [4.69, 9.17) is 18.9 Å². The fourth-order valence-corrected chi connectivity index (χ4v) is 3.30. The first-order chi connectivity index (χ1) is 16.0. The quantitative estimate of drug-likeness (QED) is 0.341. The molecule has 0 amide bonds. The number of hydrogen-bond acceptors (Lipinski definition) is 7. The van der Waals surface area contributed by atoms with Crippen LogP contribution in [0.2, 0.25) is 0 Å². The number of nitrogens with one attached hydrogen (secondary N) is 1. The van der Waals surface area contributed by atoms with Crippen molar-refractivity contribution in [2.24, 2.45) is 0 Å². The smallest absolute Gasteiger partial charge is 0.162 e. The van der Waals surface area contributed by atoms with Crippen molar-refractivity contribution in [2.75, 3.05) is 26.6 Å². The molecule has 34 heavy (non-hydrogen) atoms. The predicted molar refractivity (Wildman–Crippen MR) is 127 cm³/mol. The predicted octanol–water partition coefficient (Wildman–Crippen LogP) is 5.68. The van der Waals surface area contributed by atoms with E-state index in [2.05, 4.69) is 15.3 Å². The molecule has 4 rings (SSSR count). The number of benzene rings is 3. The van der Waals surface area contributed by atoms with Crippen LogP contribution in [-0.2, 0) is 6.61 Å². The Morgan fingerprint density at radius 1 is 0.794 bits per heavy atom. The van der Waals surface area contributed by atoms with Crippen LogP contribution in [0.3, 0.4) is 0 Å². The summed E-state index contributed by atoms with van der Waals surface area (Å²) in [6.07, 6.45) is 1.44. The first kappa shape index (κ1) is 24.8. The third-order valence-electron chi connectivity index (χ3n) is 5.00. The lowest BCUT2D eigenvalue weighted by atomic mass is 10.2. The largest absolute Gasteiger partial charge is 0.493 e. The van der Waals surface area contributed by atoms with Gasteiger partial charge < -0.3 is 24.3 Å². The van der Waals surface area contributed by atoms with Crippen LogP contribution in [0.15, 0.2) is 54.9 Å². The Labute approximate surface area is 201 Å². The van der Waals surface area contributed by atoms with E-state index in [1.807, 2.05) is 0 Å². The molecule has 0 spiro atoms. The zero-order valence-corrected chi connectivity index (χ0v) is 19.4. The van der Waals surface area contributed by atoms with Crippen molar-refractivity contribution in [3.63, 3.8) is 0 Å². The zero-order valence-electron chi connectivity index (χ0n) is 18.6.